The molecule has 38 nitrogen and oxygen atoms in total. The van der Waals surface area contributed by atoms with Gasteiger partial charge in [-0.1, -0.05) is 21.0 Å². The SMILES string of the molecule is [N-]=[N+]=NCCOCCOCCOCCOCCOCCOCCOCCOCCOCCOCCOCCOCCOCCOCCOCCOCCOCCOCCOCCOCCOCCOCCOCCOCCOCCOCCOCCOCCOCCOCCOCCOCCOCCOCCOCCBr. The first-order valence-electron chi connectivity index (χ1n) is 39.2. The van der Waals surface area contributed by atoms with Crippen molar-refractivity contribution in [3.05, 3.63) is 10.4 Å². The highest BCUT2D eigenvalue weighted by atomic mass is 79.9. The molecule has 0 spiro atoms. The predicted molar refractivity (Wildman–Crippen MR) is 406 cm³/mol. The lowest BCUT2D eigenvalue weighted by atomic mass is 10.6. The second kappa shape index (κ2) is 108. The summed E-state index contributed by atoms with van der Waals surface area (Å²) in [5, 5.41) is 4.21. The Balaban J connectivity index is 3.10. The van der Waals surface area contributed by atoms with Gasteiger partial charge in [0.25, 0.3) is 0 Å². The van der Waals surface area contributed by atoms with Gasteiger partial charge in [-0.15, -0.1) is 0 Å². The van der Waals surface area contributed by atoms with Crippen molar-refractivity contribution in [3.8, 4) is 0 Å². The topological polar surface area (TPSA) is 372 Å². The van der Waals surface area contributed by atoms with Crippen LogP contribution in [0.1, 0.15) is 0 Å². The molecule has 0 aromatic carbocycles. The Labute approximate surface area is 669 Å². The van der Waals surface area contributed by atoms with Gasteiger partial charge in [-0.05, 0) is 5.53 Å². The number of alkyl halides is 1. The fourth-order valence-electron chi connectivity index (χ4n) is 7.78. The standard InChI is InChI=1S/C72H144BrN3O35/c73-1-3-77-5-7-79-9-11-81-13-15-83-17-19-85-21-23-87-25-27-89-29-31-91-33-35-93-37-39-95-41-43-97-45-47-99-49-51-101-53-55-103-57-59-105-61-63-107-65-67-109-69-71-111-72-70-110-68-66-108-64-62-106-60-58-104-56-54-102-52-50-100-48-46-98-44-42-96-40-38-94-36-34-92-32-30-90-28-26-88-24-22-86-20-18-84-16-14-82-12-10-80-8-6-78-4-2-75-76-74/h1-72H2. The molecule has 0 heterocycles. The van der Waals surface area contributed by atoms with Crippen LogP contribution in [0.2, 0.25) is 0 Å². The molecule has 0 unspecified atom stereocenters. The molecule has 0 saturated heterocycles. The monoisotopic (exact) mass is 1690 g/mol. The molecule has 0 rings (SSSR count). The largest absolute Gasteiger partial charge is 0.379 e. The molecule has 664 valence electrons. The van der Waals surface area contributed by atoms with Gasteiger partial charge in [-0.2, -0.15) is 0 Å². The van der Waals surface area contributed by atoms with E-state index in [1.54, 1.807) is 0 Å². The normalized spacial score (nSPS) is 11.7. The molecule has 0 radical (unpaired) electrons. The Kier molecular flexibility index (Phi) is 107. The minimum atomic E-state index is 0.318. The molecule has 0 aromatic rings. The summed E-state index contributed by atoms with van der Waals surface area (Å²) in [6.07, 6.45) is 0. The van der Waals surface area contributed by atoms with Gasteiger partial charge in [0.2, 0.25) is 0 Å². The van der Waals surface area contributed by atoms with E-state index in [9.17, 15) is 0 Å². The molecule has 0 N–H and O–H groups in total. The van der Waals surface area contributed by atoms with Crippen LogP contribution in [0.5, 0.6) is 0 Å². The van der Waals surface area contributed by atoms with E-state index >= 15 is 0 Å². The highest BCUT2D eigenvalue weighted by molar-refractivity contribution is 9.09. The summed E-state index contributed by atoms with van der Waals surface area (Å²) in [6, 6.07) is 0. The fourth-order valence-corrected chi connectivity index (χ4v) is 8.01. The van der Waals surface area contributed by atoms with E-state index in [-0.39, 0.29) is 0 Å². The van der Waals surface area contributed by atoms with Crippen LogP contribution in [-0.2, 0) is 166 Å². The zero-order chi connectivity index (χ0) is 79.1. The zero-order valence-corrected chi connectivity index (χ0v) is 68.5. The summed E-state index contributed by atoms with van der Waals surface area (Å²) in [4.78, 5) is 2.65. The van der Waals surface area contributed by atoms with Crippen LogP contribution >= 0.6 is 15.9 Å². The third kappa shape index (κ3) is 108. The van der Waals surface area contributed by atoms with Gasteiger partial charge in [0, 0.05) is 16.8 Å². The number of ether oxygens (including phenoxy) is 35. The van der Waals surface area contributed by atoms with E-state index in [1.165, 1.54) is 0 Å². The number of hydrogen-bond acceptors (Lipinski definition) is 36. The van der Waals surface area contributed by atoms with Gasteiger partial charge < -0.3 is 166 Å². The van der Waals surface area contributed by atoms with Gasteiger partial charge in [-0.3, -0.25) is 0 Å². The second-order valence-electron chi connectivity index (χ2n) is 22.1. The second-order valence-corrected chi connectivity index (χ2v) is 22.9. The molecule has 0 bridgehead atoms. The minimum absolute atomic E-state index is 0.318. The average molecular weight is 1690 g/mol. The molecular weight excluding hydrogens is 1550 g/mol. The Morgan fingerprint density at radius 3 is 0.270 bits per heavy atom. The van der Waals surface area contributed by atoms with Gasteiger partial charge >= 0.3 is 0 Å². The van der Waals surface area contributed by atoms with Crippen LogP contribution in [0, 0.1) is 0 Å². The van der Waals surface area contributed by atoms with E-state index in [0.29, 0.717) is 469 Å². The van der Waals surface area contributed by atoms with Crippen LogP contribution < -0.4 is 0 Å². The third-order valence-corrected chi connectivity index (χ3v) is 13.6. The summed E-state index contributed by atoms with van der Waals surface area (Å²) >= 11 is 3.31. The summed E-state index contributed by atoms with van der Waals surface area (Å²) in [6.45, 7) is 34.4. The molecule has 0 aromatic heterocycles. The molecular formula is C72H144BrN3O35. The molecule has 39 heteroatoms. The van der Waals surface area contributed by atoms with Crippen molar-refractivity contribution in [1.29, 1.82) is 0 Å². The van der Waals surface area contributed by atoms with Crippen molar-refractivity contribution in [2.24, 2.45) is 5.11 Å². The van der Waals surface area contributed by atoms with Gasteiger partial charge in [0.05, 0.1) is 462 Å². The van der Waals surface area contributed by atoms with Crippen molar-refractivity contribution >= 4 is 15.9 Å². The first-order valence-corrected chi connectivity index (χ1v) is 40.3. The Hall–Kier alpha value is -1.61. The van der Waals surface area contributed by atoms with Crippen molar-refractivity contribution in [1.82, 2.24) is 0 Å². The van der Waals surface area contributed by atoms with Crippen LogP contribution in [0.4, 0.5) is 0 Å². The lowest BCUT2D eigenvalue weighted by Crippen LogP contribution is -2.16. The number of azide groups is 1. The number of hydrogen-bond donors (Lipinski definition) is 0. The summed E-state index contributed by atoms with van der Waals surface area (Å²) in [5.74, 6) is 0. The van der Waals surface area contributed by atoms with Crippen molar-refractivity contribution in [2.45, 2.75) is 0 Å². The Morgan fingerprint density at radius 2 is 0.198 bits per heavy atom. The maximum Gasteiger partial charge on any atom is 0.0701 e. The van der Waals surface area contributed by atoms with Crippen molar-refractivity contribution in [3.63, 3.8) is 0 Å². The van der Waals surface area contributed by atoms with E-state index in [1.807, 2.05) is 0 Å². The minimum Gasteiger partial charge on any atom is -0.379 e. The number of halogens is 1. The maximum atomic E-state index is 8.18. The zero-order valence-electron chi connectivity index (χ0n) is 66.9. The molecule has 0 fully saturated rings. The van der Waals surface area contributed by atoms with Gasteiger partial charge in [-0.25, -0.2) is 0 Å². The molecule has 0 aliphatic carbocycles. The van der Waals surface area contributed by atoms with Crippen molar-refractivity contribution in [2.75, 3.05) is 474 Å². The Morgan fingerprint density at radius 1 is 0.126 bits per heavy atom. The molecule has 0 amide bonds. The highest BCUT2D eigenvalue weighted by Crippen LogP contribution is 1.95. The quantitative estimate of drug-likeness (QED) is 0.0277. The van der Waals surface area contributed by atoms with Gasteiger partial charge in [0.1, 0.15) is 0 Å². The van der Waals surface area contributed by atoms with E-state index in [0.717, 1.165) is 5.33 Å². The molecule has 0 aliphatic heterocycles. The lowest BCUT2D eigenvalue weighted by molar-refractivity contribution is -0.0327. The fraction of sp³-hybridized carbons (Fsp3) is 1.00. The lowest BCUT2D eigenvalue weighted by Gasteiger charge is -2.09. The van der Waals surface area contributed by atoms with Crippen LogP contribution in [0.25, 0.3) is 10.4 Å². The van der Waals surface area contributed by atoms with Crippen LogP contribution in [0.3, 0.4) is 0 Å². The molecule has 0 saturated carbocycles. The predicted octanol–water partition coefficient (Wildman–Crippen LogP) is 2.27. The van der Waals surface area contributed by atoms with E-state index in [2.05, 4.69) is 26.0 Å². The summed E-state index contributed by atoms with van der Waals surface area (Å²) in [7, 11) is 0. The third-order valence-electron chi connectivity index (χ3n) is 13.3. The van der Waals surface area contributed by atoms with E-state index in [4.69, 9.17) is 171 Å². The van der Waals surface area contributed by atoms with Gasteiger partial charge in [0.15, 0.2) is 0 Å². The maximum absolute atomic E-state index is 8.18. The molecule has 0 atom stereocenters. The summed E-state index contributed by atoms with van der Waals surface area (Å²) < 4.78 is 192. The number of rotatable bonds is 107. The van der Waals surface area contributed by atoms with Crippen molar-refractivity contribution < 1.29 is 166 Å². The van der Waals surface area contributed by atoms with E-state index < -0.39 is 0 Å². The molecule has 0 aliphatic rings. The average Bonchev–Trinajstić information content (AvgIpc) is 3.81. The van der Waals surface area contributed by atoms with Crippen LogP contribution in [0.15, 0.2) is 5.11 Å². The molecule has 111 heavy (non-hydrogen) atoms. The number of nitrogens with zero attached hydrogens (tertiary/aromatic N) is 3. The first-order chi connectivity index (χ1) is 55.4. The Bertz CT molecular complexity index is 1670. The highest BCUT2D eigenvalue weighted by Gasteiger charge is 2.04. The van der Waals surface area contributed by atoms with Crippen LogP contribution in [-0.4, -0.2) is 474 Å². The first kappa shape index (κ1) is 109. The smallest absolute Gasteiger partial charge is 0.0701 e. The summed E-state index contributed by atoms with van der Waals surface area (Å²) in [5.41, 5.74) is 8.18.